The third-order valence-electron chi connectivity index (χ3n) is 3.53. The predicted octanol–water partition coefficient (Wildman–Crippen LogP) is 3.28. The van der Waals surface area contributed by atoms with E-state index in [1.807, 2.05) is 0 Å². The minimum atomic E-state index is -3.25. The van der Waals surface area contributed by atoms with Gasteiger partial charge in [-0.2, -0.15) is 0 Å². The van der Waals surface area contributed by atoms with Crippen LogP contribution in [0.1, 0.15) is 29.7 Å². The maximum atomic E-state index is 11.4. The summed E-state index contributed by atoms with van der Waals surface area (Å²) in [5, 5.41) is 3.42. The van der Waals surface area contributed by atoms with Crippen molar-refractivity contribution < 1.29 is 8.42 Å². The predicted molar refractivity (Wildman–Crippen MR) is 85.3 cm³/mol. The number of sulfone groups is 1. The summed E-state index contributed by atoms with van der Waals surface area (Å²) in [4.78, 5) is 3.98. The summed E-state index contributed by atoms with van der Waals surface area (Å²) in [6.45, 7) is 6.24. The summed E-state index contributed by atoms with van der Waals surface area (Å²) in [6, 6.07) is 9.73. The zero-order chi connectivity index (χ0) is 15.6. The van der Waals surface area contributed by atoms with Crippen molar-refractivity contribution in [1.29, 1.82) is 0 Å². The highest BCUT2D eigenvalue weighted by Gasteiger charge is 2.10. The van der Waals surface area contributed by atoms with Crippen LogP contribution in [-0.2, 0) is 9.84 Å². The fourth-order valence-electron chi connectivity index (χ4n) is 2.05. The Morgan fingerprint density at radius 1 is 1.10 bits per heavy atom. The second-order valence-electron chi connectivity index (χ2n) is 5.37. The van der Waals surface area contributed by atoms with Crippen molar-refractivity contribution in [2.24, 2.45) is 0 Å². The van der Waals surface area contributed by atoms with Crippen molar-refractivity contribution in [3.8, 4) is 0 Å². The summed E-state index contributed by atoms with van der Waals surface area (Å²) in [6.07, 6.45) is 2.70. The van der Waals surface area contributed by atoms with Gasteiger partial charge in [0.05, 0.1) is 11.9 Å². The molecular weight excluding hydrogens is 284 g/mol. The van der Waals surface area contributed by atoms with E-state index in [-0.39, 0.29) is 11.1 Å². The molecular formula is C16H20N2O2S. The van der Waals surface area contributed by atoms with E-state index in [1.54, 1.807) is 12.3 Å². The smallest absolute Gasteiger partial charge is 0.192 e. The molecule has 1 aromatic carbocycles. The average Bonchev–Trinajstić information content (AvgIpc) is 2.41. The van der Waals surface area contributed by atoms with Crippen molar-refractivity contribution in [3.05, 3.63) is 53.2 Å². The molecule has 0 saturated heterocycles. The van der Waals surface area contributed by atoms with Gasteiger partial charge in [0.2, 0.25) is 0 Å². The highest BCUT2D eigenvalue weighted by molar-refractivity contribution is 7.90. The lowest BCUT2D eigenvalue weighted by molar-refractivity contribution is 0.598. The first-order valence-electron chi connectivity index (χ1n) is 6.77. The summed E-state index contributed by atoms with van der Waals surface area (Å²) < 4.78 is 22.7. The van der Waals surface area contributed by atoms with Gasteiger partial charge in [-0.05, 0) is 49.6 Å². The molecule has 0 saturated carbocycles. The van der Waals surface area contributed by atoms with Crippen LogP contribution in [0, 0.1) is 13.8 Å². The molecule has 1 N–H and O–H groups in total. The fraction of sp³-hybridized carbons (Fsp3) is 0.312. The number of benzene rings is 1. The van der Waals surface area contributed by atoms with E-state index in [2.05, 4.69) is 49.3 Å². The average molecular weight is 304 g/mol. The minimum absolute atomic E-state index is 0.0897. The molecule has 1 unspecified atom stereocenters. The molecule has 0 radical (unpaired) electrons. The van der Waals surface area contributed by atoms with Gasteiger partial charge in [-0.15, -0.1) is 0 Å². The first-order valence-corrected chi connectivity index (χ1v) is 8.66. The van der Waals surface area contributed by atoms with Crippen LogP contribution in [0.2, 0.25) is 0 Å². The van der Waals surface area contributed by atoms with E-state index in [0.29, 0.717) is 0 Å². The lowest BCUT2D eigenvalue weighted by atomic mass is 10.0. The number of nitrogens with one attached hydrogen (secondary N) is 1. The Morgan fingerprint density at radius 3 is 2.33 bits per heavy atom. The Kier molecular flexibility index (Phi) is 4.32. The van der Waals surface area contributed by atoms with Crippen LogP contribution in [0.4, 0.5) is 5.69 Å². The maximum Gasteiger partial charge on any atom is 0.192 e. The lowest BCUT2D eigenvalue weighted by Crippen LogP contribution is -2.08. The van der Waals surface area contributed by atoms with E-state index in [0.717, 1.165) is 11.9 Å². The van der Waals surface area contributed by atoms with Crippen molar-refractivity contribution in [1.82, 2.24) is 4.98 Å². The number of anilines is 1. The van der Waals surface area contributed by atoms with Crippen LogP contribution < -0.4 is 5.32 Å². The normalized spacial score (nSPS) is 13.0. The van der Waals surface area contributed by atoms with Crippen molar-refractivity contribution in [2.45, 2.75) is 31.8 Å². The van der Waals surface area contributed by atoms with Crippen LogP contribution in [0.3, 0.4) is 0 Å². The molecule has 1 atom stereocenters. The Labute approximate surface area is 126 Å². The van der Waals surface area contributed by atoms with Gasteiger partial charge in [0.1, 0.15) is 0 Å². The second-order valence-corrected chi connectivity index (χ2v) is 7.33. The number of aromatic nitrogens is 1. The summed E-state index contributed by atoms with van der Waals surface area (Å²) in [5.41, 5.74) is 4.51. The number of aryl methyl sites for hydroxylation is 2. The van der Waals surface area contributed by atoms with Crippen molar-refractivity contribution >= 4 is 15.5 Å². The Morgan fingerprint density at radius 2 is 1.81 bits per heavy atom. The highest BCUT2D eigenvalue weighted by Crippen LogP contribution is 2.21. The van der Waals surface area contributed by atoms with Crippen LogP contribution in [0.25, 0.3) is 0 Å². The zero-order valence-corrected chi connectivity index (χ0v) is 13.5. The zero-order valence-electron chi connectivity index (χ0n) is 12.7. The maximum absolute atomic E-state index is 11.4. The van der Waals surface area contributed by atoms with Gasteiger partial charge < -0.3 is 5.32 Å². The molecule has 0 fully saturated rings. The molecule has 1 aromatic heterocycles. The van der Waals surface area contributed by atoms with Gasteiger partial charge in [-0.1, -0.05) is 18.2 Å². The number of hydrogen-bond acceptors (Lipinski definition) is 4. The first-order chi connectivity index (χ1) is 9.77. The molecule has 0 bridgehead atoms. The van der Waals surface area contributed by atoms with E-state index < -0.39 is 9.84 Å². The monoisotopic (exact) mass is 304 g/mol. The van der Waals surface area contributed by atoms with Gasteiger partial charge in [-0.3, -0.25) is 0 Å². The molecule has 0 amide bonds. The molecule has 0 aliphatic heterocycles. The highest BCUT2D eigenvalue weighted by atomic mass is 32.2. The Balaban J connectivity index is 2.15. The molecule has 112 valence electrons. The Bertz CT molecular complexity index is 737. The SMILES string of the molecule is Cc1ccc(C(C)Nc2ccc(S(C)(=O)=O)nc2)cc1C. The standard InChI is InChI=1S/C16H20N2O2S/c1-11-5-6-14(9-12(11)2)13(3)18-15-7-8-16(17-10-15)21(4,19)20/h5-10,13,18H,1-4H3. The van der Waals surface area contributed by atoms with Crippen molar-refractivity contribution in [3.63, 3.8) is 0 Å². The molecule has 1 heterocycles. The topological polar surface area (TPSA) is 59.1 Å². The van der Waals surface area contributed by atoms with Gasteiger partial charge in [-0.25, -0.2) is 13.4 Å². The molecule has 21 heavy (non-hydrogen) atoms. The quantitative estimate of drug-likeness (QED) is 0.941. The van der Waals surface area contributed by atoms with Gasteiger partial charge >= 0.3 is 0 Å². The number of rotatable bonds is 4. The minimum Gasteiger partial charge on any atom is -0.377 e. The van der Waals surface area contributed by atoms with Crippen LogP contribution in [0.15, 0.2) is 41.6 Å². The number of hydrogen-bond donors (Lipinski definition) is 1. The second kappa shape index (κ2) is 5.85. The molecule has 0 aliphatic rings. The van der Waals surface area contributed by atoms with Crippen LogP contribution >= 0.6 is 0 Å². The third kappa shape index (κ3) is 3.82. The molecule has 2 aromatic rings. The number of nitrogens with zero attached hydrogens (tertiary/aromatic N) is 1. The summed E-state index contributed by atoms with van der Waals surface area (Å²) in [5.74, 6) is 0. The van der Waals surface area contributed by atoms with E-state index >= 15 is 0 Å². The van der Waals surface area contributed by atoms with E-state index in [9.17, 15) is 8.42 Å². The van der Waals surface area contributed by atoms with Crippen molar-refractivity contribution in [2.75, 3.05) is 11.6 Å². The fourth-order valence-corrected chi connectivity index (χ4v) is 2.61. The largest absolute Gasteiger partial charge is 0.377 e. The van der Waals surface area contributed by atoms with Crippen LogP contribution in [0.5, 0.6) is 0 Å². The molecule has 0 aliphatic carbocycles. The van der Waals surface area contributed by atoms with Gasteiger partial charge in [0.25, 0.3) is 0 Å². The molecule has 2 rings (SSSR count). The molecule has 5 heteroatoms. The van der Waals surface area contributed by atoms with Gasteiger partial charge in [0, 0.05) is 12.3 Å². The van der Waals surface area contributed by atoms with Crippen LogP contribution in [-0.4, -0.2) is 19.7 Å². The first kappa shape index (κ1) is 15.5. The van der Waals surface area contributed by atoms with E-state index in [1.165, 1.54) is 22.8 Å². The van der Waals surface area contributed by atoms with Gasteiger partial charge in [0.15, 0.2) is 14.9 Å². The summed E-state index contributed by atoms with van der Waals surface area (Å²) >= 11 is 0. The van der Waals surface area contributed by atoms with E-state index in [4.69, 9.17) is 0 Å². The summed E-state index contributed by atoms with van der Waals surface area (Å²) in [7, 11) is -3.25. The Hall–Kier alpha value is -1.88. The molecule has 0 spiro atoms. The third-order valence-corrected chi connectivity index (χ3v) is 4.53. The lowest BCUT2D eigenvalue weighted by Gasteiger charge is -2.17. The molecule has 4 nitrogen and oxygen atoms in total. The number of pyridine rings is 1.